The van der Waals surface area contributed by atoms with Gasteiger partial charge in [0.05, 0.1) is 43.7 Å². The van der Waals surface area contributed by atoms with Gasteiger partial charge in [0.1, 0.15) is 12.4 Å². The van der Waals surface area contributed by atoms with Gasteiger partial charge in [0.15, 0.2) is 0 Å². The monoisotopic (exact) mass is 799 g/mol. The summed E-state index contributed by atoms with van der Waals surface area (Å²) in [5.41, 5.74) is 5.33. The predicted octanol–water partition coefficient (Wildman–Crippen LogP) is 5.56. The molecule has 3 atom stereocenters. The van der Waals surface area contributed by atoms with Crippen molar-refractivity contribution < 1.29 is 23.8 Å². The Balaban J connectivity index is 0.892. The van der Waals surface area contributed by atoms with E-state index in [-0.39, 0.29) is 29.2 Å². The van der Waals surface area contributed by atoms with E-state index in [0.29, 0.717) is 65.1 Å². The van der Waals surface area contributed by atoms with Crippen LogP contribution >= 0.6 is 0 Å². The summed E-state index contributed by atoms with van der Waals surface area (Å²) in [6.45, 7) is 11.9. The molecule has 0 saturated carbocycles. The van der Waals surface area contributed by atoms with Crippen molar-refractivity contribution in [3.8, 4) is 5.75 Å². The summed E-state index contributed by atoms with van der Waals surface area (Å²) >= 11 is 0. The lowest BCUT2D eigenvalue weighted by Crippen LogP contribution is -2.59. The Morgan fingerprint density at radius 1 is 0.966 bits per heavy atom. The van der Waals surface area contributed by atoms with E-state index in [1.54, 1.807) is 13.3 Å². The number of amides is 2. The number of benzene rings is 3. The van der Waals surface area contributed by atoms with E-state index in [2.05, 4.69) is 58.7 Å². The molecule has 7 rings (SSSR count). The van der Waals surface area contributed by atoms with Crippen LogP contribution in [0.3, 0.4) is 0 Å². The summed E-state index contributed by atoms with van der Waals surface area (Å²) in [5.74, 6) is 0.420. The first-order valence-electron chi connectivity index (χ1n) is 20.6. The van der Waals surface area contributed by atoms with Crippen LogP contribution in [-0.4, -0.2) is 112 Å². The number of methoxy groups -OCH3 is 1. The molecule has 3 N–H and O–H groups in total. The molecule has 2 amide bonds. The minimum absolute atomic E-state index is 0.0765. The molecule has 0 unspecified atom stereocenters. The van der Waals surface area contributed by atoms with E-state index in [1.807, 2.05) is 90.1 Å². The Labute approximate surface area is 347 Å². The third kappa shape index (κ3) is 10.7. The lowest BCUT2D eigenvalue weighted by Gasteiger charge is -2.39. The highest BCUT2D eigenvalue weighted by atomic mass is 16.5. The van der Waals surface area contributed by atoms with Gasteiger partial charge in [-0.05, 0) is 59.3 Å². The van der Waals surface area contributed by atoms with Crippen molar-refractivity contribution in [2.75, 3.05) is 83.0 Å². The average molecular weight is 800 g/mol. The summed E-state index contributed by atoms with van der Waals surface area (Å²) in [5, 5.41) is 12.1. The Hall–Kier alpha value is -5.24. The van der Waals surface area contributed by atoms with Crippen LogP contribution in [0.4, 0.5) is 11.4 Å². The number of nitrogens with one attached hydrogen (secondary N) is 3. The van der Waals surface area contributed by atoms with E-state index in [9.17, 15) is 9.59 Å². The van der Waals surface area contributed by atoms with Gasteiger partial charge in [-0.25, -0.2) is 0 Å². The highest BCUT2D eigenvalue weighted by molar-refractivity contribution is 5.98. The molecule has 12 nitrogen and oxygen atoms in total. The van der Waals surface area contributed by atoms with Crippen LogP contribution < -0.4 is 25.6 Å². The number of nitrogens with zero attached hydrogens (tertiary/aromatic N) is 4. The Bertz CT molecular complexity index is 2180. The smallest absolute Gasteiger partial charge is 0.241 e. The summed E-state index contributed by atoms with van der Waals surface area (Å²) in [4.78, 5) is 40.7. The van der Waals surface area contributed by atoms with Crippen molar-refractivity contribution in [2.45, 2.75) is 50.6 Å². The molecule has 0 radical (unpaired) electrons. The van der Waals surface area contributed by atoms with Crippen LogP contribution in [0, 0.1) is 0 Å². The normalized spacial score (nSPS) is 18.1. The fraction of sp³-hybridized carbons (Fsp3) is 0.404. The molecule has 2 aromatic heterocycles. The number of para-hydroxylation sites is 1. The van der Waals surface area contributed by atoms with Gasteiger partial charge in [-0.2, -0.15) is 0 Å². The predicted molar refractivity (Wildman–Crippen MR) is 232 cm³/mol. The minimum Gasteiger partial charge on any atom is -0.491 e. The van der Waals surface area contributed by atoms with Crippen molar-refractivity contribution in [3.05, 3.63) is 126 Å². The van der Waals surface area contributed by atoms with Crippen molar-refractivity contribution in [2.24, 2.45) is 0 Å². The van der Waals surface area contributed by atoms with Gasteiger partial charge in [-0.15, -0.1) is 0 Å². The van der Waals surface area contributed by atoms with Gasteiger partial charge in [-0.1, -0.05) is 68.4 Å². The second-order valence-electron chi connectivity index (χ2n) is 16.3. The quantitative estimate of drug-likeness (QED) is 0.0970. The molecule has 2 aliphatic rings. The fourth-order valence-electron chi connectivity index (χ4n) is 8.09. The van der Waals surface area contributed by atoms with Gasteiger partial charge in [0.2, 0.25) is 11.8 Å². The second kappa shape index (κ2) is 19.7. The second-order valence-corrected chi connectivity index (χ2v) is 16.3. The number of hydrogen-bond acceptors (Lipinski definition) is 10. The number of carbonyl (C=O) groups excluding carboxylic acids is 2. The molecule has 0 spiro atoms. The summed E-state index contributed by atoms with van der Waals surface area (Å²) in [6, 6.07) is 28.2. The highest BCUT2D eigenvalue weighted by Gasteiger charge is 2.40. The Morgan fingerprint density at radius 2 is 1.80 bits per heavy atom. The molecule has 1 fully saturated rings. The first-order chi connectivity index (χ1) is 28.7. The fourth-order valence-corrected chi connectivity index (χ4v) is 8.09. The maximum atomic E-state index is 13.9. The molecule has 59 heavy (non-hydrogen) atoms. The van der Waals surface area contributed by atoms with Gasteiger partial charge in [0.25, 0.3) is 0 Å². The van der Waals surface area contributed by atoms with Gasteiger partial charge in [0, 0.05) is 93.4 Å². The maximum absolute atomic E-state index is 13.9. The van der Waals surface area contributed by atoms with E-state index < -0.39 is 0 Å². The van der Waals surface area contributed by atoms with E-state index in [4.69, 9.17) is 19.2 Å². The molecule has 0 bridgehead atoms. The zero-order valence-corrected chi connectivity index (χ0v) is 34.7. The number of carbonyl (C=O) groups is 2. The largest absolute Gasteiger partial charge is 0.491 e. The lowest BCUT2D eigenvalue weighted by molar-refractivity contribution is -0.121. The highest BCUT2D eigenvalue weighted by Crippen LogP contribution is 2.40. The maximum Gasteiger partial charge on any atom is 0.241 e. The van der Waals surface area contributed by atoms with Crippen LogP contribution in [0.15, 0.2) is 104 Å². The zero-order valence-electron chi connectivity index (χ0n) is 34.7. The molecular formula is C47H57N7O5. The van der Waals surface area contributed by atoms with E-state index in [1.165, 1.54) is 0 Å². The number of piperazine rings is 1. The Kier molecular flexibility index (Phi) is 14.0. The number of rotatable bonds is 18. The van der Waals surface area contributed by atoms with Crippen LogP contribution in [0.1, 0.15) is 49.1 Å². The van der Waals surface area contributed by atoms with E-state index in [0.717, 1.165) is 63.4 Å². The third-order valence-electron chi connectivity index (χ3n) is 11.2. The molecule has 0 aliphatic carbocycles. The number of hydrogen-bond donors (Lipinski definition) is 3. The topological polar surface area (TPSA) is 130 Å². The molecule has 3 aromatic carbocycles. The lowest BCUT2D eigenvalue weighted by atomic mass is 9.91. The number of ether oxygens (including phenoxy) is 3. The average Bonchev–Trinajstić information content (AvgIpc) is 3.51. The Morgan fingerprint density at radius 3 is 2.64 bits per heavy atom. The summed E-state index contributed by atoms with van der Waals surface area (Å²) in [7, 11) is 1.71. The number of aromatic nitrogens is 2. The van der Waals surface area contributed by atoms with Crippen molar-refractivity contribution in [3.63, 3.8) is 0 Å². The van der Waals surface area contributed by atoms with Gasteiger partial charge in [-0.3, -0.25) is 24.5 Å². The standard InChI is InChI=1S/C47H57N7O5/c1-33-29-53(40(27-50-33)31-57-4)30-44(55)54-32-47(2,3)45-42(54)23-34(25-51-45)22-37-12-8-9-13-43(37)59-21-20-58-19-18-49-28-41(35-10-6-5-7-11-35)46(56)52-39-15-14-38-26-48-17-16-36(38)24-39/h5-17,23-26,33,40-41,49-50H,18-22,27-32H2,1-4H3,(H,52,56)/t33-,40-,41-/m1/s1. The van der Waals surface area contributed by atoms with Crippen LogP contribution in [0.5, 0.6) is 5.75 Å². The molecule has 2 aliphatic heterocycles. The van der Waals surface area contributed by atoms with Crippen molar-refractivity contribution in [1.82, 2.24) is 25.5 Å². The molecule has 5 aromatic rings. The first kappa shape index (κ1) is 41.9. The van der Waals surface area contributed by atoms with Crippen molar-refractivity contribution >= 4 is 34.0 Å². The van der Waals surface area contributed by atoms with Crippen LogP contribution in [0.2, 0.25) is 0 Å². The number of fused-ring (bicyclic) bond motifs is 2. The number of pyridine rings is 2. The molecule has 12 heteroatoms. The zero-order chi connectivity index (χ0) is 41.2. The van der Waals surface area contributed by atoms with Crippen LogP contribution in [0.25, 0.3) is 10.8 Å². The van der Waals surface area contributed by atoms with Gasteiger partial charge < -0.3 is 35.1 Å². The van der Waals surface area contributed by atoms with Gasteiger partial charge >= 0.3 is 0 Å². The molecule has 4 heterocycles. The van der Waals surface area contributed by atoms with Crippen molar-refractivity contribution in [1.29, 1.82) is 0 Å². The summed E-state index contributed by atoms with van der Waals surface area (Å²) in [6.07, 6.45) is 6.11. The minimum atomic E-state index is -0.379. The van der Waals surface area contributed by atoms with E-state index >= 15 is 0 Å². The van der Waals surface area contributed by atoms with Crippen LogP contribution in [-0.2, 0) is 30.9 Å². The first-order valence-corrected chi connectivity index (χ1v) is 20.6. The third-order valence-corrected chi connectivity index (χ3v) is 11.2. The molecule has 1 saturated heterocycles. The molecular weight excluding hydrogens is 743 g/mol. The number of anilines is 2. The summed E-state index contributed by atoms with van der Waals surface area (Å²) < 4.78 is 17.6. The SMILES string of the molecule is COC[C@H]1CN[C@H](C)CN1CC(=O)N1CC(C)(C)c2ncc(Cc3ccccc3OCCOCCNC[C@@H](C(=O)Nc3ccc4cnccc4c3)c3ccccc3)cc21. The molecule has 310 valence electrons.